The highest BCUT2D eigenvalue weighted by atomic mass is 79.9. The average Bonchev–Trinajstić information content (AvgIpc) is 3.11. The minimum atomic E-state index is -0.0625. The number of amides is 2. The lowest BCUT2D eigenvalue weighted by Crippen LogP contribution is -2.42. The van der Waals surface area contributed by atoms with E-state index in [2.05, 4.69) is 26.3 Å². The van der Waals surface area contributed by atoms with Gasteiger partial charge in [-0.15, -0.1) is 0 Å². The summed E-state index contributed by atoms with van der Waals surface area (Å²) < 4.78 is 2.73. The molecule has 2 amide bonds. The molecule has 1 saturated heterocycles. The van der Waals surface area contributed by atoms with Gasteiger partial charge in [0, 0.05) is 36.2 Å². The van der Waals surface area contributed by atoms with E-state index in [1.54, 1.807) is 10.9 Å². The number of nitrogens with one attached hydrogen (secondary N) is 1. The van der Waals surface area contributed by atoms with Gasteiger partial charge in [0.25, 0.3) is 0 Å². The molecule has 26 heavy (non-hydrogen) atoms. The average molecular weight is 419 g/mol. The second-order valence-corrected chi connectivity index (χ2v) is 7.35. The van der Waals surface area contributed by atoms with Crippen molar-refractivity contribution in [2.45, 2.75) is 32.7 Å². The Balaban J connectivity index is 1.49. The van der Waals surface area contributed by atoms with Crippen LogP contribution in [0.1, 0.15) is 25.3 Å². The van der Waals surface area contributed by atoms with Crippen LogP contribution in [0.15, 0.2) is 41.1 Å². The second-order valence-electron chi connectivity index (χ2n) is 6.50. The summed E-state index contributed by atoms with van der Waals surface area (Å²) in [5, 5.41) is 7.09. The van der Waals surface area contributed by atoms with Crippen LogP contribution in [0.4, 0.5) is 5.69 Å². The summed E-state index contributed by atoms with van der Waals surface area (Å²) in [6.45, 7) is 4.01. The summed E-state index contributed by atoms with van der Waals surface area (Å²) in [6.07, 6.45) is 5.26. The van der Waals surface area contributed by atoms with Gasteiger partial charge < -0.3 is 10.2 Å². The first-order chi connectivity index (χ1) is 12.6. The molecule has 138 valence electrons. The van der Waals surface area contributed by atoms with E-state index in [1.807, 2.05) is 42.3 Å². The fraction of sp³-hybridized carbons (Fsp3) is 0.421. The van der Waals surface area contributed by atoms with Gasteiger partial charge in [-0.05, 0) is 31.4 Å². The summed E-state index contributed by atoms with van der Waals surface area (Å²) in [5.41, 5.74) is 1.72. The number of carbonyl (C=O) groups excluding carboxylic acids is 2. The van der Waals surface area contributed by atoms with Crippen LogP contribution < -0.4 is 5.32 Å². The molecule has 0 unspecified atom stereocenters. The van der Waals surface area contributed by atoms with E-state index in [1.165, 1.54) is 0 Å². The Kier molecular flexibility index (Phi) is 6.08. The minimum absolute atomic E-state index is 0.0126. The lowest BCUT2D eigenvalue weighted by molar-refractivity contribution is -0.133. The second kappa shape index (κ2) is 8.49. The van der Waals surface area contributed by atoms with Crippen LogP contribution in [0.2, 0.25) is 0 Å². The minimum Gasteiger partial charge on any atom is -0.342 e. The number of nitrogens with zero attached hydrogens (tertiary/aromatic N) is 3. The Morgan fingerprint density at radius 1 is 1.27 bits per heavy atom. The third-order valence-corrected chi connectivity index (χ3v) is 5.52. The number of hydrogen-bond acceptors (Lipinski definition) is 3. The zero-order valence-corrected chi connectivity index (χ0v) is 16.4. The number of anilines is 1. The van der Waals surface area contributed by atoms with E-state index in [9.17, 15) is 9.59 Å². The van der Waals surface area contributed by atoms with Gasteiger partial charge in [-0.25, -0.2) is 0 Å². The summed E-state index contributed by atoms with van der Waals surface area (Å²) in [7, 11) is 0. The van der Waals surface area contributed by atoms with Crippen LogP contribution in [-0.2, 0) is 22.6 Å². The molecule has 2 heterocycles. The zero-order chi connectivity index (χ0) is 18.5. The topological polar surface area (TPSA) is 67.2 Å². The third kappa shape index (κ3) is 4.52. The van der Waals surface area contributed by atoms with Gasteiger partial charge in [0.15, 0.2) is 0 Å². The molecule has 0 saturated carbocycles. The van der Waals surface area contributed by atoms with Crippen LogP contribution in [-0.4, -0.2) is 39.6 Å². The number of aryl methyl sites for hydroxylation is 1. The monoisotopic (exact) mass is 418 g/mol. The maximum atomic E-state index is 12.5. The van der Waals surface area contributed by atoms with Crippen LogP contribution >= 0.6 is 15.9 Å². The first-order valence-electron chi connectivity index (χ1n) is 8.91. The number of carbonyl (C=O) groups is 2. The highest BCUT2D eigenvalue weighted by Crippen LogP contribution is 2.22. The molecule has 1 N–H and O–H groups in total. The van der Waals surface area contributed by atoms with E-state index in [4.69, 9.17) is 0 Å². The van der Waals surface area contributed by atoms with Crippen molar-refractivity contribution >= 4 is 33.4 Å². The third-order valence-electron chi connectivity index (χ3n) is 4.74. The summed E-state index contributed by atoms with van der Waals surface area (Å²) in [5.74, 6) is 0.0611. The molecule has 1 aromatic heterocycles. The van der Waals surface area contributed by atoms with Gasteiger partial charge in [0.1, 0.15) is 0 Å². The Bertz CT molecular complexity index is 781. The molecule has 0 bridgehead atoms. The van der Waals surface area contributed by atoms with Crippen LogP contribution in [0.3, 0.4) is 0 Å². The SMILES string of the molecule is CCn1cc(NC(=O)C2CCN(C(=O)Cc3ccccc3Br)CC2)cn1. The Hall–Kier alpha value is -2.15. The van der Waals surface area contributed by atoms with Crippen molar-refractivity contribution in [1.29, 1.82) is 0 Å². The number of hydrogen-bond donors (Lipinski definition) is 1. The Labute approximate surface area is 161 Å². The predicted molar refractivity (Wildman–Crippen MR) is 104 cm³/mol. The fourth-order valence-electron chi connectivity index (χ4n) is 3.15. The Morgan fingerprint density at radius 2 is 2.00 bits per heavy atom. The summed E-state index contributed by atoms with van der Waals surface area (Å²) in [4.78, 5) is 26.8. The zero-order valence-electron chi connectivity index (χ0n) is 14.8. The molecule has 6 nitrogen and oxygen atoms in total. The van der Waals surface area contributed by atoms with E-state index < -0.39 is 0 Å². The largest absolute Gasteiger partial charge is 0.342 e. The van der Waals surface area contributed by atoms with Crippen molar-refractivity contribution in [2.24, 2.45) is 5.92 Å². The smallest absolute Gasteiger partial charge is 0.227 e. The highest BCUT2D eigenvalue weighted by Gasteiger charge is 2.27. The summed E-state index contributed by atoms with van der Waals surface area (Å²) >= 11 is 3.49. The van der Waals surface area contributed by atoms with Crippen molar-refractivity contribution in [1.82, 2.24) is 14.7 Å². The number of aromatic nitrogens is 2. The number of piperidine rings is 1. The van der Waals surface area contributed by atoms with E-state index in [0.717, 1.165) is 22.3 Å². The van der Waals surface area contributed by atoms with Crippen molar-refractivity contribution in [3.05, 3.63) is 46.7 Å². The van der Waals surface area contributed by atoms with Gasteiger partial charge in [-0.1, -0.05) is 34.1 Å². The van der Waals surface area contributed by atoms with Crippen molar-refractivity contribution in [2.75, 3.05) is 18.4 Å². The van der Waals surface area contributed by atoms with Crippen LogP contribution in [0, 0.1) is 5.92 Å². The molecule has 1 aliphatic heterocycles. The first-order valence-corrected chi connectivity index (χ1v) is 9.70. The van der Waals surface area contributed by atoms with Gasteiger partial charge in [-0.2, -0.15) is 5.10 Å². The maximum absolute atomic E-state index is 12.5. The Morgan fingerprint density at radius 3 is 2.65 bits per heavy atom. The van der Waals surface area contributed by atoms with Gasteiger partial charge >= 0.3 is 0 Å². The number of halogens is 1. The standard InChI is InChI=1S/C19H23BrN4O2/c1-2-24-13-16(12-21-24)22-19(26)14-7-9-23(10-8-14)18(25)11-15-5-3-4-6-17(15)20/h3-6,12-14H,2,7-11H2,1H3,(H,22,26). The number of rotatable bonds is 5. The molecule has 0 aliphatic carbocycles. The fourth-order valence-corrected chi connectivity index (χ4v) is 3.58. The van der Waals surface area contributed by atoms with Crippen molar-refractivity contribution < 1.29 is 9.59 Å². The first kappa shape index (κ1) is 18.6. The molecule has 1 aromatic carbocycles. The molecular weight excluding hydrogens is 396 g/mol. The van der Waals surface area contributed by atoms with E-state index in [0.29, 0.717) is 32.4 Å². The molecule has 0 atom stereocenters. The lowest BCUT2D eigenvalue weighted by atomic mass is 9.95. The van der Waals surface area contributed by atoms with Crippen molar-refractivity contribution in [3.63, 3.8) is 0 Å². The molecule has 2 aromatic rings. The number of likely N-dealkylation sites (tertiary alicyclic amines) is 1. The molecule has 1 aliphatic rings. The molecule has 1 fully saturated rings. The normalized spacial score (nSPS) is 15.1. The lowest BCUT2D eigenvalue weighted by Gasteiger charge is -2.31. The summed E-state index contributed by atoms with van der Waals surface area (Å²) in [6, 6.07) is 7.77. The van der Waals surface area contributed by atoms with Gasteiger partial charge in [0.2, 0.25) is 11.8 Å². The quantitative estimate of drug-likeness (QED) is 0.810. The molecule has 3 rings (SSSR count). The van der Waals surface area contributed by atoms with E-state index >= 15 is 0 Å². The number of benzene rings is 1. The highest BCUT2D eigenvalue weighted by molar-refractivity contribution is 9.10. The molecule has 0 spiro atoms. The van der Waals surface area contributed by atoms with Crippen molar-refractivity contribution in [3.8, 4) is 0 Å². The predicted octanol–water partition coefficient (Wildman–Crippen LogP) is 3.09. The molecular formula is C19H23BrN4O2. The van der Waals surface area contributed by atoms with Gasteiger partial charge in [-0.3, -0.25) is 14.3 Å². The molecule has 7 heteroatoms. The van der Waals surface area contributed by atoms with Gasteiger partial charge in [0.05, 0.1) is 18.3 Å². The van der Waals surface area contributed by atoms with E-state index in [-0.39, 0.29) is 17.7 Å². The maximum Gasteiger partial charge on any atom is 0.227 e. The molecule has 0 radical (unpaired) electrons. The van der Waals surface area contributed by atoms with Crippen LogP contribution in [0.25, 0.3) is 0 Å². The van der Waals surface area contributed by atoms with Crippen LogP contribution in [0.5, 0.6) is 0 Å².